The van der Waals surface area contributed by atoms with Crippen molar-refractivity contribution in [1.82, 2.24) is 15.0 Å². The number of carbonyl (C=O) groups is 2. The molecule has 0 bridgehead atoms. The number of rotatable bonds is 5. The van der Waals surface area contributed by atoms with E-state index in [1.54, 1.807) is 6.92 Å². The molecule has 1 aromatic heterocycles. The van der Waals surface area contributed by atoms with Crippen molar-refractivity contribution < 1.29 is 23.1 Å². The smallest absolute Gasteiger partial charge is 0.361 e. The summed E-state index contributed by atoms with van der Waals surface area (Å²) in [7, 11) is 0. The van der Waals surface area contributed by atoms with Crippen LogP contribution in [-0.2, 0) is 9.53 Å². The molecule has 0 aliphatic heterocycles. The van der Waals surface area contributed by atoms with Gasteiger partial charge < -0.3 is 10.1 Å². The number of nitrogens with zero attached hydrogens (tertiary/aromatic N) is 3. The second-order valence-corrected chi connectivity index (χ2v) is 6.46. The minimum Gasteiger partial charge on any atom is -0.451 e. The van der Waals surface area contributed by atoms with Gasteiger partial charge in [-0.15, -0.1) is 5.10 Å². The van der Waals surface area contributed by atoms with E-state index in [2.05, 4.69) is 15.5 Å². The van der Waals surface area contributed by atoms with Gasteiger partial charge in [-0.2, -0.15) is 9.90 Å². The molecule has 0 saturated carbocycles. The van der Waals surface area contributed by atoms with Crippen molar-refractivity contribution in [3.05, 3.63) is 70.5 Å². The van der Waals surface area contributed by atoms with E-state index in [1.807, 2.05) is 32.0 Å². The lowest BCUT2D eigenvalue weighted by molar-refractivity contribution is -0.119. The topological polar surface area (TPSA) is 86.1 Å². The SMILES string of the molecule is Cc1ccc(-n2nc(C)c(C(=O)OCC(=O)Nc3ccc(F)cc3F)n2)c(C)c1. The molecule has 0 spiro atoms. The molecule has 0 aliphatic carbocycles. The summed E-state index contributed by atoms with van der Waals surface area (Å²) in [6, 6.07) is 8.41. The number of nitrogens with one attached hydrogen (secondary N) is 1. The lowest BCUT2D eigenvalue weighted by Crippen LogP contribution is -2.22. The Morgan fingerprint density at radius 2 is 1.83 bits per heavy atom. The molecule has 0 radical (unpaired) electrons. The molecule has 0 fully saturated rings. The summed E-state index contributed by atoms with van der Waals surface area (Å²) < 4.78 is 31.4. The average Bonchev–Trinajstić information content (AvgIpc) is 3.03. The highest BCUT2D eigenvalue weighted by Crippen LogP contribution is 2.16. The van der Waals surface area contributed by atoms with Crippen molar-refractivity contribution in [2.45, 2.75) is 20.8 Å². The summed E-state index contributed by atoms with van der Waals surface area (Å²) in [5, 5.41) is 10.6. The van der Waals surface area contributed by atoms with Gasteiger partial charge in [-0.1, -0.05) is 17.7 Å². The largest absolute Gasteiger partial charge is 0.451 e. The second kappa shape index (κ2) is 8.17. The molecule has 1 amide bonds. The van der Waals surface area contributed by atoms with Gasteiger partial charge in [0.15, 0.2) is 12.3 Å². The molecule has 29 heavy (non-hydrogen) atoms. The van der Waals surface area contributed by atoms with E-state index in [1.165, 1.54) is 4.80 Å². The summed E-state index contributed by atoms with van der Waals surface area (Å²) in [4.78, 5) is 25.5. The number of benzene rings is 2. The Morgan fingerprint density at radius 1 is 1.07 bits per heavy atom. The molecule has 9 heteroatoms. The van der Waals surface area contributed by atoms with Gasteiger partial charge in [0.25, 0.3) is 5.91 Å². The standard InChI is InChI=1S/C20H18F2N4O3/c1-11-4-7-17(12(2)8-11)26-24-13(3)19(25-26)20(28)29-10-18(27)23-16-6-5-14(21)9-15(16)22/h4-9H,10H2,1-3H3,(H,23,27). The molecule has 1 N–H and O–H groups in total. The molecule has 2 aromatic carbocycles. The van der Waals surface area contributed by atoms with E-state index >= 15 is 0 Å². The molecule has 0 saturated heterocycles. The van der Waals surface area contributed by atoms with Gasteiger partial charge in [0.1, 0.15) is 11.6 Å². The van der Waals surface area contributed by atoms with E-state index < -0.39 is 30.1 Å². The fourth-order valence-corrected chi connectivity index (χ4v) is 2.68. The molecule has 0 unspecified atom stereocenters. The summed E-state index contributed by atoms with van der Waals surface area (Å²) >= 11 is 0. The first-order chi connectivity index (χ1) is 13.7. The number of halogens is 2. The third-order valence-corrected chi connectivity index (χ3v) is 4.08. The van der Waals surface area contributed by atoms with E-state index in [0.29, 0.717) is 17.4 Å². The molecule has 3 rings (SSSR count). The van der Waals surface area contributed by atoms with Crippen LogP contribution in [0.2, 0.25) is 0 Å². The Labute approximate surface area is 165 Å². The third kappa shape index (κ3) is 4.63. The van der Waals surface area contributed by atoms with Gasteiger partial charge in [-0.25, -0.2) is 13.6 Å². The summed E-state index contributed by atoms with van der Waals surface area (Å²) in [6.45, 7) is 4.80. The van der Waals surface area contributed by atoms with Crippen molar-refractivity contribution in [2.75, 3.05) is 11.9 Å². The van der Waals surface area contributed by atoms with Crippen LogP contribution in [0.15, 0.2) is 36.4 Å². The maximum atomic E-state index is 13.6. The van der Waals surface area contributed by atoms with Gasteiger partial charge >= 0.3 is 5.97 Å². The third-order valence-electron chi connectivity index (χ3n) is 4.08. The number of anilines is 1. The fourth-order valence-electron chi connectivity index (χ4n) is 2.68. The molecule has 3 aromatic rings. The Kier molecular flexibility index (Phi) is 5.67. The molecule has 1 heterocycles. The number of ether oxygens (including phenoxy) is 1. The first kappa shape index (κ1) is 20.1. The van der Waals surface area contributed by atoms with Gasteiger partial charge in [0.05, 0.1) is 17.1 Å². The number of hydrogen-bond donors (Lipinski definition) is 1. The fraction of sp³-hybridized carbons (Fsp3) is 0.200. The van der Waals surface area contributed by atoms with Gasteiger partial charge in [-0.3, -0.25) is 4.79 Å². The molecular formula is C20H18F2N4O3. The first-order valence-electron chi connectivity index (χ1n) is 8.68. The average molecular weight is 400 g/mol. The van der Waals surface area contributed by atoms with Gasteiger partial charge in [0, 0.05) is 6.07 Å². The highest BCUT2D eigenvalue weighted by molar-refractivity contribution is 5.95. The monoisotopic (exact) mass is 400 g/mol. The zero-order chi connectivity index (χ0) is 21.1. The molecule has 0 aliphatic rings. The lowest BCUT2D eigenvalue weighted by atomic mass is 10.1. The highest BCUT2D eigenvalue weighted by Gasteiger charge is 2.20. The molecule has 0 atom stereocenters. The summed E-state index contributed by atoms with van der Waals surface area (Å²) in [5.74, 6) is -3.32. The highest BCUT2D eigenvalue weighted by atomic mass is 19.1. The van der Waals surface area contributed by atoms with E-state index in [4.69, 9.17) is 4.74 Å². The number of aryl methyl sites for hydroxylation is 3. The Hall–Kier alpha value is -3.62. The summed E-state index contributed by atoms with van der Waals surface area (Å²) in [5.41, 5.74) is 2.80. The first-order valence-corrected chi connectivity index (χ1v) is 8.68. The van der Waals surface area contributed by atoms with Crippen LogP contribution in [0.3, 0.4) is 0 Å². The van der Waals surface area contributed by atoms with E-state index in [-0.39, 0.29) is 11.4 Å². The molecule has 150 valence electrons. The zero-order valence-corrected chi connectivity index (χ0v) is 16.0. The van der Waals surface area contributed by atoms with Crippen molar-refractivity contribution in [3.63, 3.8) is 0 Å². The Balaban J connectivity index is 1.66. The van der Waals surface area contributed by atoms with Crippen LogP contribution in [0.1, 0.15) is 27.3 Å². The quantitative estimate of drug-likeness (QED) is 0.665. The Bertz CT molecular complexity index is 1100. The number of hydrogen-bond acceptors (Lipinski definition) is 5. The van der Waals surface area contributed by atoms with Crippen LogP contribution in [0.4, 0.5) is 14.5 Å². The molecule has 7 nitrogen and oxygen atoms in total. The minimum absolute atomic E-state index is 0.0364. The predicted molar refractivity (Wildman–Crippen MR) is 101 cm³/mol. The van der Waals surface area contributed by atoms with Crippen LogP contribution < -0.4 is 5.32 Å². The van der Waals surface area contributed by atoms with Crippen molar-refractivity contribution in [2.24, 2.45) is 0 Å². The summed E-state index contributed by atoms with van der Waals surface area (Å²) in [6.07, 6.45) is 0. The van der Waals surface area contributed by atoms with Gasteiger partial charge in [-0.05, 0) is 44.5 Å². The molecular weight excluding hydrogens is 382 g/mol. The number of carbonyl (C=O) groups excluding carboxylic acids is 2. The van der Waals surface area contributed by atoms with E-state index in [0.717, 1.165) is 23.3 Å². The number of aromatic nitrogens is 3. The normalized spacial score (nSPS) is 10.7. The second-order valence-electron chi connectivity index (χ2n) is 6.46. The van der Waals surface area contributed by atoms with Gasteiger partial charge in [0.2, 0.25) is 0 Å². The Morgan fingerprint density at radius 3 is 2.52 bits per heavy atom. The van der Waals surface area contributed by atoms with Crippen molar-refractivity contribution in [3.8, 4) is 5.69 Å². The van der Waals surface area contributed by atoms with Crippen LogP contribution in [-0.4, -0.2) is 33.5 Å². The predicted octanol–water partition coefficient (Wildman–Crippen LogP) is 3.27. The number of amides is 1. The zero-order valence-electron chi connectivity index (χ0n) is 16.0. The number of esters is 1. The lowest BCUT2D eigenvalue weighted by Gasteiger charge is -2.07. The van der Waals surface area contributed by atoms with E-state index in [9.17, 15) is 18.4 Å². The van der Waals surface area contributed by atoms with Crippen molar-refractivity contribution in [1.29, 1.82) is 0 Å². The van der Waals surface area contributed by atoms with Crippen LogP contribution >= 0.6 is 0 Å². The van der Waals surface area contributed by atoms with Crippen LogP contribution in [0.5, 0.6) is 0 Å². The minimum atomic E-state index is -0.933. The van der Waals surface area contributed by atoms with Crippen LogP contribution in [0.25, 0.3) is 5.69 Å². The van der Waals surface area contributed by atoms with Crippen molar-refractivity contribution >= 4 is 17.6 Å². The van der Waals surface area contributed by atoms with Crippen LogP contribution in [0, 0.1) is 32.4 Å². The maximum absolute atomic E-state index is 13.6. The maximum Gasteiger partial charge on any atom is 0.361 e.